The Kier molecular flexibility index (Phi) is 8.38. The fraction of sp³-hybridized carbons (Fsp3) is 0.688. The molecule has 6 nitrogen and oxygen atoms in total. The van der Waals surface area contributed by atoms with Gasteiger partial charge in [-0.15, -0.1) is 11.3 Å². The molecule has 24 heavy (non-hydrogen) atoms. The van der Waals surface area contributed by atoms with E-state index in [2.05, 4.69) is 20.2 Å². The summed E-state index contributed by atoms with van der Waals surface area (Å²) in [6.07, 6.45) is 4.56. The van der Waals surface area contributed by atoms with E-state index >= 15 is 0 Å². The first kappa shape index (κ1) is 19.1. The Morgan fingerprint density at radius 1 is 1.54 bits per heavy atom. The molecule has 2 rings (SSSR count). The third kappa shape index (κ3) is 5.98. The predicted octanol–water partition coefficient (Wildman–Crippen LogP) is 2.48. The summed E-state index contributed by atoms with van der Waals surface area (Å²) >= 11 is 3.47. The molecule has 1 fully saturated rings. The van der Waals surface area contributed by atoms with Crippen LogP contribution in [0.15, 0.2) is 20.9 Å². The monoisotopic (exact) mass is 370 g/mol. The van der Waals surface area contributed by atoms with Crippen molar-refractivity contribution in [1.29, 1.82) is 0 Å². The van der Waals surface area contributed by atoms with Crippen LogP contribution in [0, 0.1) is 5.92 Å². The number of carbonyl (C=O) groups is 1. The molecular weight excluding hydrogens is 344 g/mol. The van der Waals surface area contributed by atoms with Gasteiger partial charge in [0.15, 0.2) is 5.96 Å². The minimum absolute atomic E-state index is 0.0361. The van der Waals surface area contributed by atoms with Crippen molar-refractivity contribution in [3.63, 3.8) is 0 Å². The van der Waals surface area contributed by atoms with E-state index in [1.54, 1.807) is 23.1 Å². The number of nitrogens with zero attached hydrogens (tertiary/aromatic N) is 3. The number of carbonyl (C=O) groups excluding carboxylic acids is 1. The van der Waals surface area contributed by atoms with Crippen molar-refractivity contribution in [1.82, 2.24) is 15.2 Å². The fourth-order valence-electron chi connectivity index (χ4n) is 2.63. The lowest BCUT2D eigenvalue weighted by atomic mass is 9.97. The fourth-order valence-corrected chi connectivity index (χ4v) is 4.28. The first-order valence-corrected chi connectivity index (χ1v) is 10.3. The van der Waals surface area contributed by atoms with Crippen molar-refractivity contribution < 1.29 is 9.53 Å². The van der Waals surface area contributed by atoms with E-state index in [4.69, 9.17) is 4.74 Å². The van der Waals surface area contributed by atoms with Gasteiger partial charge < -0.3 is 15.0 Å². The number of likely N-dealkylation sites (tertiary alicyclic amines) is 1. The molecule has 0 aliphatic carbocycles. The van der Waals surface area contributed by atoms with E-state index in [1.807, 2.05) is 25.5 Å². The normalized spacial score (nSPS) is 16.2. The average Bonchev–Trinajstić information content (AvgIpc) is 3.12. The van der Waals surface area contributed by atoms with E-state index in [1.165, 1.54) is 0 Å². The zero-order chi connectivity index (χ0) is 17.2. The number of aromatic nitrogens is 1. The van der Waals surface area contributed by atoms with Gasteiger partial charge in [0.25, 0.3) is 0 Å². The van der Waals surface area contributed by atoms with Crippen molar-refractivity contribution in [3.8, 4) is 0 Å². The van der Waals surface area contributed by atoms with Gasteiger partial charge in [-0.3, -0.25) is 9.79 Å². The van der Waals surface area contributed by atoms with Crippen LogP contribution in [-0.2, 0) is 9.53 Å². The lowest BCUT2D eigenvalue weighted by molar-refractivity contribution is -0.149. The van der Waals surface area contributed by atoms with Crippen LogP contribution in [0.5, 0.6) is 0 Å². The van der Waals surface area contributed by atoms with Gasteiger partial charge in [-0.2, -0.15) is 0 Å². The van der Waals surface area contributed by atoms with Crippen LogP contribution in [0.4, 0.5) is 0 Å². The topological polar surface area (TPSA) is 66.8 Å². The van der Waals surface area contributed by atoms with E-state index < -0.39 is 0 Å². The quantitative estimate of drug-likeness (QED) is 0.261. The molecule has 8 heteroatoms. The number of piperidine rings is 1. The Hall–Kier alpha value is -1.28. The summed E-state index contributed by atoms with van der Waals surface area (Å²) < 4.78 is 6.24. The van der Waals surface area contributed by atoms with Crippen LogP contribution in [0.3, 0.4) is 0 Å². The molecule has 0 bridgehead atoms. The molecule has 134 valence electrons. The average molecular weight is 371 g/mol. The molecule has 2 heterocycles. The van der Waals surface area contributed by atoms with Crippen LogP contribution >= 0.6 is 23.1 Å². The zero-order valence-corrected chi connectivity index (χ0v) is 16.0. The lowest BCUT2D eigenvalue weighted by Crippen LogP contribution is -2.47. The van der Waals surface area contributed by atoms with E-state index in [0.29, 0.717) is 6.61 Å². The second-order valence-corrected chi connectivity index (χ2v) is 7.72. The first-order chi connectivity index (χ1) is 11.7. The maximum absolute atomic E-state index is 11.8. The molecule has 0 amide bonds. The minimum atomic E-state index is -0.0562. The van der Waals surface area contributed by atoms with E-state index in [9.17, 15) is 4.79 Å². The Labute approximate surface area is 152 Å². The van der Waals surface area contributed by atoms with E-state index in [0.717, 1.165) is 54.9 Å². The van der Waals surface area contributed by atoms with Gasteiger partial charge in [-0.05, 0) is 26.2 Å². The molecule has 1 aromatic heterocycles. The first-order valence-electron chi connectivity index (χ1n) is 8.39. The molecule has 0 unspecified atom stereocenters. The van der Waals surface area contributed by atoms with Crippen molar-refractivity contribution in [2.24, 2.45) is 10.9 Å². The number of hydrogen-bond donors (Lipinski definition) is 1. The summed E-state index contributed by atoms with van der Waals surface area (Å²) in [6, 6.07) is 0. The van der Waals surface area contributed by atoms with Crippen molar-refractivity contribution in [2.75, 3.05) is 39.0 Å². The van der Waals surface area contributed by atoms with Crippen LogP contribution < -0.4 is 5.32 Å². The van der Waals surface area contributed by atoms with Gasteiger partial charge >= 0.3 is 5.97 Å². The summed E-state index contributed by atoms with van der Waals surface area (Å²) in [5, 5.41) is 5.42. The van der Waals surface area contributed by atoms with Crippen molar-refractivity contribution >= 4 is 35.0 Å². The molecule has 0 spiro atoms. The smallest absolute Gasteiger partial charge is 0.309 e. The summed E-state index contributed by atoms with van der Waals surface area (Å²) in [5.74, 6) is 1.95. The van der Waals surface area contributed by atoms with Gasteiger partial charge in [-0.1, -0.05) is 11.8 Å². The lowest BCUT2D eigenvalue weighted by Gasteiger charge is -2.33. The third-order valence-corrected chi connectivity index (χ3v) is 5.92. The van der Waals surface area contributed by atoms with Crippen LogP contribution in [0.1, 0.15) is 26.2 Å². The van der Waals surface area contributed by atoms with Gasteiger partial charge in [0.2, 0.25) is 0 Å². The molecule has 0 aromatic carbocycles. The number of rotatable bonds is 7. The van der Waals surface area contributed by atoms with E-state index in [-0.39, 0.29) is 11.9 Å². The molecule has 0 atom stereocenters. The number of nitrogens with one attached hydrogen (secondary N) is 1. The highest BCUT2D eigenvalue weighted by atomic mass is 32.2. The summed E-state index contributed by atoms with van der Waals surface area (Å²) in [4.78, 5) is 22.6. The van der Waals surface area contributed by atoms with Crippen LogP contribution in [0.25, 0.3) is 0 Å². The Bertz CT molecular complexity index is 514. The van der Waals surface area contributed by atoms with Crippen LogP contribution in [-0.4, -0.2) is 60.9 Å². The van der Waals surface area contributed by atoms with Gasteiger partial charge in [-0.25, -0.2) is 4.98 Å². The Morgan fingerprint density at radius 2 is 2.33 bits per heavy atom. The number of ether oxygens (including phenoxy) is 1. The maximum Gasteiger partial charge on any atom is 0.309 e. The largest absolute Gasteiger partial charge is 0.466 e. The maximum atomic E-state index is 11.8. The van der Waals surface area contributed by atoms with Gasteiger partial charge in [0.05, 0.1) is 12.5 Å². The second-order valence-electron chi connectivity index (χ2n) is 5.49. The standard InChI is InChI=1S/C16H26N4O2S2/c1-3-22-14(21)13-5-9-20(10-6-13)15(17-2)18-7-4-11-23-16-19-8-12-24-16/h8,12-13H,3-7,9-11H2,1-2H3,(H,17,18). The van der Waals surface area contributed by atoms with Gasteiger partial charge in [0.1, 0.15) is 4.34 Å². The summed E-state index contributed by atoms with van der Waals surface area (Å²) in [5.41, 5.74) is 0. The number of aliphatic imine (C=N–C) groups is 1. The zero-order valence-electron chi connectivity index (χ0n) is 14.4. The summed E-state index contributed by atoms with van der Waals surface area (Å²) in [7, 11) is 1.81. The predicted molar refractivity (Wildman–Crippen MR) is 99.7 cm³/mol. The highest BCUT2D eigenvalue weighted by Crippen LogP contribution is 2.21. The molecule has 1 saturated heterocycles. The van der Waals surface area contributed by atoms with Crippen LogP contribution in [0.2, 0.25) is 0 Å². The second kappa shape index (κ2) is 10.6. The highest BCUT2D eigenvalue weighted by molar-refractivity contribution is 8.00. The molecule has 0 radical (unpaired) electrons. The number of thioether (sulfide) groups is 1. The number of thiazole rings is 1. The van der Waals surface area contributed by atoms with Crippen molar-refractivity contribution in [2.45, 2.75) is 30.5 Å². The summed E-state index contributed by atoms with van der Waals surface area (Å²) in [6.45, 7) is 4.89. The minimum Gasteiger partial charge on any atom is -0.466 e. The number of esters is 1. The molecular formula is C16H26N4O2S2. The highest BCUT2D eigenvalue weighted by Gasteiger charge is 2.27. The molecule has 0 saturated carbocycles. The molecule has 1 aliphatic rings. The van der Waals surface area contributed by atoms with Gasteiger partial charge in [0, 0.05) is 44.0 Å². The number of guanidine groups is 1. The Morgan fingerprint density at radius 3 is 2.96 bits per heavy atom. The SMILES string of the molecule is CCOC(=O)C1CCN(C(=NC)NCCCSc2nccs2)CC1. The molecule has 1 aliphatic heterocycles. The van der Waals surface area contributed by atoms with Crippen molar-refractivity contribution in [3.05, 3.63) is 11.6 Å². The molecule has 1 aromatic rings. The molecule has 1 N–H and O–H groups in total. The number of hydrogen-bond acceptors (Lipinski definition) is 6. The third-order valence-electron chi connectivity index (χ3n) is 3.87. The Balaban J connectivity index is 1.64.